The third-order valence-electron chi connectivity index (χ3n) is 4.86. The number of hydrogen-bond donors (Lipinski definition) is 4. The van der Waals surface area contributed by atoms with E-state index in [1.54, 1.807) is 0 Å². The van der Waals surface area contributed by atoms with E-state index in [1.165, 1.54) is 13.2 Å². The number of unbranched alkanes of at least 4 members (excludes halogenated alkanes) is 3. The van der Waals surface area contributed by atoms with Gasteiger partial charge in [-0.15, -0.1) is 0 Å². The molecule has 0 fully saturated rings. The fourth-order valence-corrected chi connectivity index (χ4v) is 2.39. The predicted octanol–water partition coefficient (Wildman–Crippen LogP) is 2.36. The summed E-state index contributed by atoms with van der Waals surface area (Å²) in [4.78, 5) is 34.3. The number of carboxylic acid groups (broad SMARTS) is 1. The molecule has 0 aliphatic rings. The standard InChI is InChI=1S/C21H38N2O6/c1-16(20(27)28)15-29-21(3,4)17(2)14-19(26)23-12-8-6-5-7-11-22-18(25)10-9-13-24/h15,17,24H,5-14H2,1-4H3,(H,22,25)(H,23,26)(H,27,28). The third kappa shape index (κ3) is 13.7. The van der Waals surface area contributed by atoms with Crippen LogP contribution in [-0.2, 0) is 19.1 Å². The van der Waals surface area contributed by atoms with E-state index in [4.69, 9.17) is 14.9 Å². The second-order valence-electron chi connectivity index (χ2n) is 7.87. The Morgan fingerprint density at radius 2 is 1.55 bits per heavy atom. The maximum absolute atomic E-state index is 12.1. The fraction of sp³-hybridized carbons (Fsp3) is 0.762. The minimum absolute atomic E-state index is 0.0269. The van der Waals surface area contributed by atoms with Crippen LogP contribution in [0.3, 0.4) is 0 Å². The second kappa shape index (κ2) is 14.8. The van der Waals surface area contributed by atoms with Crippen molar-refractivity contribution < 1.29 is 29.3 Å². The highest BCUT2D eigenvalue weighted by atomic mass is 16.5. The Hall–Kier alpha value is -2.09. The van der Waals surface area contributed by atoms with Crippen LogP contribution >= 0.6 is 0 Å². The number of aliphatic hydroxyl groups is 1. The molecule has 1 unspecified atom stereocenters. The van der Waals surface area contributed by atoms with E-state index in [9.17, 15) is 14.4 Å². The van der Waals surface area contributed by atoms with E-state index in [0.717, 1.165) is 25.7 Å². The van der Waals surface area contributed by atoms with Crippen LogP contribution in [0.15, 0.2) is 11.8 Å². The van der Waals surface area contributed by atoms with E-state index < -0.39 is 11.6 Å². The summed E-state index contributed by atoms with van der Waals surface area (Å²) >= 11 is 0. The maximum atomic E-state index is 12.1. The molecule has 0 aromatic rings. The van der Waals surface area contributed by atoms with Gasteiger partial charge in [-0.1, -0.05) is 19.8 Å². The monoisotopic (exact) mass is 414 g/mol. The molecule has 4 N–H and O–H groups in total. The molecule has 0 saturated heterocycles. The second-order valence-corrected chi connectivity index (χ2v) is 7.87. The van der Waals surface area contributed by atoms with E-state index in [1.807, 2.05) is 20.8 Å². The van der Waals surface area contributed by atoms with Crippen molar-refractivity contribution in [1.82, 2.24) is 10.6 Å². The molecule has 29 heavy (non-hydrogen) atoms. The van der Waals surface area contributed by atoms with Crippen LogP contribution in [-0.4, -0.2) is 53.3 Å². The van der Waals surface area contributed by atoms with E-state index in [2.05, 4.69) is 10.6 Å². The Labute approximate surface area is 174 Å². The largest absolute Gasteiger partial charge is 0.495 e. The van der Waals surface area contributed by atoms with Gasteiger partial charge in [0, 0.05) is 38.5 Å². The number of nitrogens with one attached hydrogen (secondary N) is 2. The number of aliphatic hydroxyl groups excluding tert-OH is 1. The lowest BCUT2D eigenvalue weighted by Gasteiger charge is -2.31. The summed E-state index contributed by atoms with van der Waals surface area (Å²) in [6.45, 7) is 8.30. The lowest BCUT2D eigenvalue weighted by molar-refractivity contribution is -0.133. The number of ether oxygens (including phenoxy) is 1. The summed E-state index contributed by atoms with van der Waals surface area (Å²) in [7, 11) is 0. The van der Waals surface area contributed by atoms with Crippen molar-refractivity contribution in [3.05, 3.63) is 11.8 Å². The molecule has 0 spiro atoms. The average molecular weight is 415 g/mol. The maximum Gasteiger partial charge on any atom is 0.334 e. The van der Waals surface area contributed by atoms with Crippen LogP contribution < -0.4 is 10.6 Å². The molecule has 0 rings (SSSR count). The summed E-state index contributed by atoms with van der Waals surface area (Å²) in [6, 6.07) is 0. The first kappa shape index (κ1) is 26.9. The Kier molecular flexibility index (Phi) is 13.8. The van der Waals surface area contributed by atoms with Gasteiger partial charge in [0.2, 0.25) is 11.8 Å². The third-order valence-corrected chi connectivity index (χ3v) is 4.86. The molecular formula is C21H38N2O6. The van der Waals surface area contributed by atoms with Crippen molar-refractivity contribution in [3.63, 3.8) is 0 Å². The molecule has 0 heterocycles. The normalized spacial score (nSPS) is 12.9. The summed E-state index contributed by atoms with van der Waals surface area (Å²) in [5.74, 6) is -1.20. The van der Waals surface area contributed by atoms with Crippen molar-refractivity contribution in [1.29, 1.82) is 0 Å². The minimum atomic E-state index is -1.03. The van der Waals surface area contributed by atoms with Gasteiger partial charge < -0.3 is 25.6 Å². The van der Waals surface area contributed by atoms with Gasteiger partial charge in [-0.25, -0.2) is 4.79 Å². The van der Waals surface area contributed by atoms with Gasteiger partial charge in [-0.05, 0) is 40.0 Å². The zero-order chi connectivity index (χ0) is 22.3. The molecule has 1 atom stereocenters. The van der Waals surface area contributed by atoms with Crippen LogP contribution in [0.4, 0.5) is 0 Å². The van der Waals surface area contributed by atoms with Gasteiger partial charge in [0.25, 0.3) is 0 Å². The Bertz CT molecular complexity index is 545. The van der Waals surface area contributed by atoms with Crippen LogP contribution in [0, 0.1) is 5.92 Å². The zero-order valence-electron chi connectivity index (χ0n) is 18.3. The first-order chi connectivity index (χ1) is 13.6. The average Bonchev–Trinajstić information content (AvgIpc) is 2.66. The highest BCUT2D eigenvalue weighted by Gasteiger charge is 2.28. The Morgan fingerprint density at radius 1 is 1.00 bits per heavy atom. The highest BCUT2D eigenvalue weighted by Crippen LogP contribution is 2.24. The number of carboxylic acids is 1. The van der Waals surface area contributed by atoms with Gasteiger partial charge in [0.05, 0.1) is 11.8 Å². The van der Waals surface area contributed by atoms with Gasteiger partial charge in [0.15, 0.2) is 0 Å². The molecule has 0 radical (unpaired) electrons. The quantitative estimate of drug-likeness (QED) is 0.175. The fourth-order valence-electron chi connectivity index (χ4n) is 2.39. The number of rotatable bonds is 16. The summed E-state index contributed by atoms with van der Waals surface area (Å²) < 4.78 is 5.57. The van der Waals surface area contributed by atoms with E-state index in [0.29, 0.717) is 32.4 Å². The summed E-state index contributed by atoms with van der Waals surface area (Å²) in [6.07, 6.45) is 6.09. The molecule has 2 amide bonds. The van der Waals surface area contributed by atoms with Crippen LogP contribution in [0.25, 0.3) is 0 Å². The minimum Gasteiger partial charge on any atom is -0.495 e. The first-order valence-corrected chi connectivity index (χ1v) is 10.3. The first-order valence-electron chi connectivity index (χ1n) is 10.3. The SMILES string of the molecule is CC(=COC(C)(C)C(C)CC(=O)NCCCCCCNC(=O)CCCO)C(=O)O. The van der Waals surface area contributed by atoms with Gasteiger partial charge in [0.1, 0.15) is 5.60 Å². The van der Waals surface area contributed by atoms with Crippen molar-refractivity contribution in [3.8, 4) is 0 Å². The number of amides is 2. The van der Waals surface area contributed by atoms with Crippen LogP contribution in [0.5, 0.6) is 0 Å². The Balaban J connectivity index is 3.89. The van der Waals surface area contributed by atoms with E-state index in [-0.39, 0.29) is 29.9 Å². The van der Waals surface area contributed by atoms with Crippen molar-refractivity contribution in [2.45, 2.75) is 78.2 Å². The molecule has 0 bridgehead atoms. The summed E-state index contributed by atoms with van der Waals surface area (Å²) in [5, 5.41) is 23.2. The van der Waals surface area contributed by atoms with E-state index >= 15 is 0 Å². The van der Waals surface area contributed by atoms with Gasteiger partial charge in [-0.2, -0.15) is 0 Å². The van der Waals surface area contributed by atoms with Crippen LogP contribution in [0.1, 0.15) is 72.6 Å². The zero-order valence-corrected chi connectivity index (χ0v) is 18.3. The summed E-state index contributed by atoms with van der Waals surface area (Å²) in [5.41, 5.74) is -0.546. The van der Waals surface area contributed by atoms with Gasteiger partial charge in [-0.3, -0.25) is 9.59 Å². The molecule has 0 saturated carbocycles. The molecule has 0 aliphatic heterocycles. The lowest BCUT2D eigenvalue weighted by atomic mass is 9.89. The van der Waals surface area contributed by atoms with Crippen molar-refractivity contribution in [2.75, 3.05) is 19.7 Å². The van der Waals surface area contributed by atoms with Gasteiger partial charge >= 0.3 is 5.97 Å². The lowest BCUT2D eigenvalue weighted by Crippen LogP contribution is -2.36. The number of carbonyl (C=O) groups is 3. The molecule has 8 heteroatoms. The highest BCUT2D eigenvalue weighted by molar-refractivity contribution is 5.85. The topological polar surface area (TPSA) is 125 Å². The molecule has 0 aliphatic carbocycles. The molecule has 8 nitrogen and oxygen atoms in total. The number of carbonyl (C=O) groups excluding carboxylic acids is 2. The molecule has 168 valence electrons. The number of hydrogen-bond acceptors (Lipinski definition) is 5. The molecular weight excluding hydrogens is 376 g/mol. The molecule has 0 aromatic carbocycles. The molecule has 0 aromatic heterocycles. The van der Waals surface area contributed by atoms with Crippen molar-refractivity contribution in [2.24, 2.45) is 5.92 Å². The predicted molar refractivity (Wildman–Crippen MR) is 111 cm³/mol. The van der Waals surface area contributed by atoms with Crippen LogP contribution in [0.2, 0.25) is 0 Å². The van der Waals surface area contributed by atoms with Crippen molar-refractivity contribution >= 4 is 17.8 Å². The number of aliphatic carboxylic acids is 1. The smallest absolute Gasteiger partial charge is 0.334 e. The Morgan fingerprint density at radius 3 is 2.07 bits per heavy atom.